The highest BCUT2D eigenvalue weighted by molar-refractivity contribution is 5.65. The van der Waals surface area contributed by atoms with Gasteiger partial charge in [0.25, 0.3) is 0 Å². The van der Waals surface area contributed by atoms with E-state index in [1.165, 1.54) is 6.92 Å². The van der Waals surface area contributed by atoms with Crippen LogP contribution in [0.1, 0.15) is 19.8 Å². The molecule has 0 bridgehead atoms. The Kier molecular flexibility index (Phi) is 5.09. The fraction of sp³-hybridized carbons (Fsp3) is 0.875. The number of esters is 1. The molecule has 9 nitrogen and oxygen atoms in total. The molecule has 1 rings (SSSR count). The maximum absolute atomic E-state index is 10.6. The summed E-state index contributed by atoms with van der Waals surface area (Å²) < 4.78 is 10.2. The molecule has 3 atom stereocenters. The largest absolute Gasteiger partial charge is 0.463 e. The van der Waals surface area contributed by atoms with Gasteiger partial charge < -0.3 is 9.47 Å². The smallest absolute Gasteiger partial charge is 0.302 e. The molecule has 1 aliphatic heterocycles. The van der Waals surface area contributed by atoms with Crippen LogP contribution in [-0.4, -0.2) is 30.9 Å². The topological polar surface area (TPSA) is 133 Å². The molecule has 1 aliphatic rings. The number of nitrogens with zero attached hydrogens (tertiary/aromatic N) is 6. The Balaban J connectivity index is 2.58. The molecule has 0 spiro atoms. The number of carbonyl (C=O) groups excluding carboxylic acids is 1. The predicted molar refractivity (Wildman–Crippen MR) is 56.6 cm³/mol. The lowest BCUT2D eigenvalue weighted by Gasteiger charge is -2.31. The fourth-order valence-corrected chi connectivity index (χ4v) is 1.52. The lowest BCUT2D eigenvalue weighted by Crippen LogP contribution is -2.38. The number of hydrogen-bond donors (Lipinski definition) is 0. The van der Waals surface area contributed by atoms with Crippen LogP contribution in [0.15, 0.2) is 10.2 Å². The quantitative estimate of drug-likeness (QED) is 0.322. The number of ether oxygens (including phenoxy) is 2. The molecule has 1 fully saturated rings. The van der Waals surface area contributed by atoms with Gasteiger partial charge in [0.1, 0.15) is 12.8 Å². The summed E-state index contributed by atoms with van der Waals surface area (Å²) in [5, 5.41) is 6.91. The zero-order valence-electron chi connectivity index (χ0n) is 9.26. The summed E-state index contributed by atoms with van der Waals surface area (Å²) in [5.41, 5.74) is 16.7. The Morgan fingerprint density at radius 3 is 2.71 bits per heavy atom. The number of rotatable bonds is 4. The Morgan fingerprint density at radius 2 is 2.12 bits per heavy atom. The third kappa shape index (κ3) is 4.20. The van der Waals surface area contributed by atoms with Crippen LogP contribution in [0.2, 0.25) is 0 Å². The van der Waals surface area contributed by atoms with Gasteiger partial charge in [-0.05, 0) is 23.9 Å². The van der Waals surface area contributed by atoms with Crippen molar-refractivity contribution in [2.45, 2.75) is 38.1 Å². The van der Waals surface area contributed by atoms with Crippen molar-refractivity contribution in [2.24, 2.45) is 10.2 Å². The molecule has 0 aliphatic carbocycles. The second-order valence-electron chi connectivity index (χ2n) is 3.51. The fourth-order valence-electron chi connectivity index (χ4n) is 1.52. The monoisotopic (exact) mass is 240 g/mol. The minimum absolute atomic E-state index is 0.107. The van der Waals surface area contributed by atoms with Crippen LogP contribution >= 0.6 is 0 Å². The van der Waals surface area contributed by atoms with Gasteiger partial charge in [-0.25, -0.2) is 0 Å². The van der Waals surface area contributed by atoms with E-state index >= 15 is 0 Å². The molecular formula is C8H12N6O3. The maximum Gasteiger partial charge on any atom is 0.302 e. The number of carbonyl (C=O) groups is 1. The van der Waals surface area contributed by atoms with Gasteiger partial charge >= 0.3 is 5.97 Å². The van der Waals surface area contributed by atoms with Crippen molar-refractivity contribution in [2.75, 3.05) is 6.61 Å². The molecule has 1 saturated heterocycles. The first-order valence-corrected chi connectivity index (χ1v) is 5.04. The highest BCUT2D eigenvalue weighted by atomic mass is 16.6. The van der Waals surface area contributed by atoms with Crippen molar-refractivity contribution in [3.63, 3.8) is 0 Å². The van der Waals surface area contributed by atoms with E-state index in [9.17, 15) is 4.79 Å². The van der Waals surface area contributed by atoms with Crippen molar-refractivity contribution >= 4 is 5.97 Å². The molecule has 1 heterocycles. The summed E-state index contributed by atoms with van der Waals surface area (Å²) in [6.45, 7) is 1.41. The van der Waals surface area contributed by atoms with Crippen molar-refractivity contribution in [3.8, 4) is 0 Å². The van der Waals surface area contributed by atoms with Crippen molar-refractivity contribution in [1.82, 2.24) is 0 Å². The molecule has 0 saturated carbocycles. The first-order valence-electron chi connectivity index (χ1n) is 5.04. The van der Waals surface area contributed by atoms with E-state index in [0.717, 1.165) is 0 Å². The lowest BCUT2D eigenvalue weighted by atomic mass is 10.0. The lowest BCUT2D eigenvalue weighted by molar-refractivity contribution is -0.150. The van der Waals surface area contributed by atoms with Crippen LogP contribution in [0, 0.1) is 0 Å². The molecule has 0 unspecified atom stereocenters. The summed E-state index contributed by atoms with van der Waals surface area (Å²) in [5.74, 6) is -0.397. The zero-order valence-corrected chi connectivity index (χ0v) is 9.26. The minimum Gasteiger partial charge on any atom is -0.463 e. The second kappa shape index (κ2) is 6.59. The van der Waals surface area contributed by atoms with E-state index in [4.69, 9.17) is 20.5 Å². The van der Waals surface area contributed by atoms with Gasteiger partial charge in [-0.15, -0.1) is 0 Å². The van der Waals surface area contributed by atoms with Gasteiger partial charge in [0.2, 0.25) is 0 Å². The summed E-state index contributed by atoms with van der Waals surface area (Å²) in [6.07, 6.45) is -0.0709. The van der Waals surface area contributed by atoms with E-state index in [-0.39, 0.29) is 12.7 Å². The van der Waals surface area contributed by atoms with E-state index < -0.39 is 18.2 Å². The third-order valence-corrected chi connectivity index (χ3v) is 2.28. The average molecular weight is 240 g/mol. The summed E-state index contributed by atoms with van der Waals surface area (Å²) in [7, 11) is 0. The van der Waals surface area contributed by atoms with Crippen LogP contribution in [0.25, 0.3) is 20.9 Å². The van der Waals surface area contributed by atoms with Gasteiger partial charge in [0.15, 0.2) is 0 Å². The Morgan fingerprint density at radius 1 is 1.41 bits per heavy atom. The molecule has 92 valence electrons. The van der Waals surface area contributed by atoms with Crippen LogP contribution in [0.3, 0.4) is 0 Å². The van der Waals surface area contributed by atoms with Crippen molar-refractivity contribution < 1.29 is 14.3 Å². The zero-order chi connectivity index (χ0) is 12.7. The molecular weight excluding hydrogens is 228 g/mol. The van der Waals surface area contributed by atoms with E-state index in [1.807, 2.05) is 0 Å². The van der Waals surface area contributed by atoms with E-state index in [2.05, 4.69) is 20.1 Å². The van der Waals surface area contributed by atoms with Crippen LogP contribution < -0.4 is 0 Å². The third-order valence-electron chi connectivity index (χ3n) is 2.28. The van der Waals surface area contributed by atoms with Crippen molar-refractivity contribution in [3.05, 3.63) is 20.9 Å². The highest BCUT2D eigenvalue weighted by Gasteiger charge is 2.30. The van der Waals surface area contributed by atoms with Crippen LogP contribution in [-0.2, 0) is 14.3 Å². The Labute approximate surface area is 96.9 Å². The Bertz CT molecular complexity index is 373. The Hall–Kier alpha value is -1.95. The molecule has 9 heteroatoms. The molecule has 0 N–H and O–H groups in total. The summed E-state index contributed by atoms with van der Waals surface area (Å²) in [6, 6.07) is -0.510. The molecule has 0 radical (unpaired) electrons. The average Bonchev–Trinajstić information content (AvgIpc) is 2.30. The first kappa shape index (κ1) is 13.1. The molecule has 0 amide bonds. The van der Waals surface area contributed by atoms with Crippen LogP contribution in [0.5, 0.6) is 0 Å². The van der Waals surface area contributed by atoms with Gasteiger partial charge in [0, 0.05) is 16.7 Å². The van der Waals surface area contributed by atoms with Crippen molar-refractivity contribution in [1.29, 1.82) is 0 Å². The van der Waals surface area contributed by atoms with E-state index in [1.54, 1.807) is 0 Å². The number of azide groups is 2. The molecule has 17 heavy (non-hydrogen) atoms. The SMILES string of the molecule is CC(=O)OC[C@H]1CC[C@@H](N=[N+]=[N-])[C@H](N=[N+]=[N-])O1. The standard InChI is InChI=1S/C8H12N6O3/c1-5(15)16-4-6-2-3-7(11-13-9)8(17-6)12-14-10/h6-8H,2-4H2,1H3/t6-,7-,8-/m1/s1. The first-order chi connectivity index (χ1) is 8.17. The second-order valence-corrected chi connectivity index (χ2v) is 3.51. The summed E-state index contributed by atoms with van der Waals surface area (Å²) >= 11 is 0. The van der Waals surface area contributed by atoms with E-state index in [0.29, 0.717) is 12.8 Å². The predicted octanol–water partition coefficient (Wildman–Crippen LogP) is 2.04. The van der Waals surface area contributed by atoms with Gasteiger partial charge in [-0.1, -0.05) is 10.2 Å². The molecule has 0 aromatic carbocycles. The molecule has 0 aromatic rings. The minimum atomic E-state index is -0.842. The maximum atomic E-state index is 10.6. The molecule has 0 aromatic heterocycles. The van der Waals surface area contributed by atoms with Gasteiger partial charge in [-0.3, -0.25) is 4.79 Å². The van der Waals surface area contributed by atoms with Crippen LogP contribution in [0.4, 0.5) is 0 Å². The van der Waals surface area contributed by atoms with Gasteiger partial charge in [0.05, 0.1) is 12.1 Å². The number of hydrogen-bond acceptors (Lipinski definition) is 5. The normalized spacial score (nSPS) is 27.5. The van der Waals surface area contributed by atoms with Gasteiger partial charge in [-0.2, -0.15) is 0 Å². The highest BCUT2D eigenvalue weighted by Crippen LogP contribution is 2.23. The summed E-state index contributed by atoms with van der Waals surface area (Å²) in [4.78, 5) is 15.9.